The first-order valence-corrected chi connectivity index (χ1v) is 7.72. The number of likely N-dealkylation sites (N-methyl/N-ethyl adjacent to an activating group) is 1. The summed E-state index contributed by atoms with van der Waals surface area (Å²) in [5, 5.41) is 4.23. The Hall–Kier alpha value is -1.73. The summed E-state index contributed by atoms with van der Waals surface area (Å²) >= 11 is 1.67. The molecule has 1 amide bonds. The fourth-order valence-electron chi connectivity index (χ4n) is 2.25. The van der Waals surface area contributed by atoms with Crippen molar-refractivity contribution in [3.8, 4) is 0 Å². The van der Waals surface area contributed by atoms with Crippen molar-refractivity contribution in [3.63, 3.8) is 0 Å². The lowest BCUT2D eigenvalue weighted by molar-refractivity contribution is -0.119. The third kappa shape index (κ3) is 3.30. The zero-order valence-corrected chi connectivity index (χ0v) is 13.7. The molecule has 2 rings (SSSR count). The van der Waals surface area contributed by atoms with Gasteiger partial charge in [0.2, 0.25) is 5.91 Å². The Bertz CT molecular complexity index is 667. The molecule has 2 heterocycles. The number of nitrogens with two attached hydrogens (primary N) is 1. The molecule has 0 saturated carbocycles. The number of hydrogen-bond donors (Lipinski definition) is 2. The van der Waals surface area contributed by atoms with Crippen LogP contribution in [0.3, 0.4) is 0 Å². The Balaban J connectivity index is 2.39. The molecule has 6 nitrogen and oxygen atoms in total. The van der Waals surface area contributed by atoms with Crippen LogP contribution in [-0.2, 0) is 11.3 Å². The molecule has 0 aliphatic carbocycles. The van der Waals surface area contributed by atoms with E-state index >= 15 is 0 Å². The molecule has 21 heavy (non-hydrogen) atoms. The molecule has 2 aromatic heterocycles. The summed E-state index contributed by atoms with van der Waals surface area (Å²) in [4.78, 5) is 24.4. The van der Waals surface area contributed by atoms with E-state index in [1.54, 1.807) is 11.3 Å². The lowest BCUT2D eigenvalue weighted by Gasteiger charge is -2.17. The summed E-state index contributed by atoms with van der Waals surface area (Å²) in [6.45, 7) is 7.62. The smallest absolute Gasteiger partial charge is 0.231 e. The molecule has 2 aromatic rings. The van der Waals surface area contributed by atoms with Crippen molar-refractivity contribution in [2.24, 2.45) is 5.73 Å². The second kappa shape index (κ2) is 6.36. The van der Waals surface area contributed by atoms with Gasteiger partial charge in [0.15, 0.2) is 0 Å². The van der Waals surface area contributed by atoms with Crippen LogP contribution in [-0.4, -0.2) is 40.9 Å². The molecule has 0 aromatic carbocycles. The van der Waals surface area contributed by atoms with Crippen molar-refractivity contribution in [1.82, 2.24) is 14.9 Å². The number of hydrogen-bond acceptors (Lipinski definition) is 6. The maximum absolute atomic E-state index is 11.1. The molecular weight excluding hydrogens is 286 g/mol. The number of nitrogens with zero attached hydrogens (tertiary/aromatic N) is 3. The number of primary amides is 1. The van der Waals surface area contributed by atoms with Crippen molar-refractivity contribution in [2.45, 2.75) is 27.3 Å². The van der Waals surface area contributed by atoms with Gasteiger partial charge in [-0.05, 0) is 26.0 Å². The number of aryl methyl sites for hydroxylation is 2. The molecule has 0 bridgehead atoms. The maximum Gasteiger partial charge on any atom is 0.231 e. The maximum atomic E-state index is 11.1. The van der Waals surface area contributed by atoms with E-state index in [1.807, 2.05) is 18.9 Å². The quantitative estimate of drug-likeness (QED) is 0.848. The number of nitrogens with one attached hydrogen (secondary N) is 1. The molecule has 7 heteroatoms. The fraction of sp³-hybridized carbons (Fsp3) is 0.500. The van der Waals surface area contributed by atoms with E-state index in [0.29, 0.717) is 12.4 Å². The highest BCUT2D eigenvalue weighted by atomic mass is 32.1. The van der Waals surface area contributed by atoms with Crippen molar-refractivity contribution in [3.05, 3.63) is 16.3 Å². The standard InChI is InChI=1S/C14H21N5OS/c1-5-19(6-10(15)20)7-11-17-13(16-4)12-8(2)9(3)21-14(12)18-11/h5-7H2,1-4H3,(H2,15,20)(H,16,17,18). The normalized spacial score (nSPS) is 11.3. The minimum Gasteiger partial charge on any atom is -0.372 e. The molecular formula is C14H21N5OS. The van der Waals surface area contributed by atoms with Gasteiger partial charge >= 0.3 is 0 Å². The number of carbonyl (C=O) groups is 1. The van der Waals surface area contributed by atoms with Gasteiger partial charge in [-0.3, -0.25) is 9.69 Å². The van der Waals surface area contributed by atoms with E-state index < -0.39 is 0 Å². The second-order valence-corrected chi connectivity index (χ2v) is 6.17. The SMILES string of the molecule is CCN(CC(N)=O)Cc1nc(NC)c2c(C)c(C)sc2n1. The summed E-state index contributed by atoms with van der Waals surface area (Å²) in [6, 6.07) is 0. The van der Waals surface area contributed by atoms with Crippen LogP contribution in [0.5, 0.6) is 0 Å². The predicted octanol–water partition coefficient (Wildman–Crippen LogP) is 1.66. The lowest BCUT2D eigenvalue weighted by Crippen LogP contribution is -2.33. The van der Waals surface area contributed by atoms with E-state index in [9.17, 15) is 4.79 Å². The topological polar surface area (TPSA) is 84.1 Å². The second-order valence-electron chi connectivity index (χ2n) is 4.97. The van der Waals surface area contributed by atoms with Crippen LogP contribution in [0.4, 0.5) is 5.82 Å². The van der Waals surface area contributed by atoms with E-state index in [1.165, 1.54) is 10.4 Å². The number of aromatic nitrogens is 2. The van der Waals surface area contributed by atoms with E-state index in [-0.39, 0.29) is 12.5 Å². The van der Waals surface area contributed by atoms with Gasteiger partial charge in [-0.2, -0.15) is 0 Å². The summed E-state index contributed by atoms with van der Waals surface area (Å²) in [7, 11) is 1.86. The molecule has 0 aliphatic rings. The highest BCUT2D eigenvalue weighted by molar-refractivity contribution is 7.18. The molecule has 0 saturated heterocycles. The van der Waals surface area contributed by atoms with Crippen LogP contribution in [0.2, 0.25) is 0 Å². The molecule has 0 spiro atoms. The van der Waals surface area contributed by atoms with Gasteiger partial charge in [0.1, 0.15) is 16.5 Å². The molecule has 114 valence electrons. The van der Waals surface area contributed by atoms with Gasteiger partial charge in [0.25, 0.3) is 0 Å². The zero-order valence-electron chi connectivity index (χ0n) is 12.9. The molecule has 0 radical (unpaired) electrons. The van der Waals surface area contributed by atoms with Crippen LogP contribution >= 0.6 is 11.3 Å². The summed E-state index contributed by atoms with van der Waals surface area (Å²) in [5.41, 5.74) is 6.48. The first-order chi connectivity index (χ1) is 9.96. The lowest BCUT2D eigenvalue weighted by atomic mass is 10.2. The first-order valence-electron chi connectivity index (χ1n) is 6.91. The minimum absolute atomic E-state index is 0.218. The van der Waals surface area contributed by atoms with Gasteiger partial charge < -0.3 is 11.1 Å². The molecule has 0 fully saturated rings. The summed E-state index contributed by atoms with van der Waals surface area (Å²) < 4.78 is 0. The molecule has 0 atom stereocenters. The van der Waals surface area contributed by atoms with E-state index in [4.69, 9.17) is 5.73 Å². The highest BCUT2D eigenvalue weighted by Crippen LogP contribution is 2.33. The van der Waals surface area contributed by atoms with Gasteiger partial charge in [-0.1, -0.05) is 6.92 Å². The van der Waals surface area contributed by atoms with E-state index in [0.717, 1.165) is 22.6 Å². The Kier molecular flexibility index (Phi) is 4.74. The van der Waals surface area contributed by atoms with Gasteiger partial charge in [-0.15, -0.1) is 11.3 Å². The Labute approximate surface area is 128 Å². The van der Waals surface area contributed by atoms with Crippen LogP contribution < -0.4 is 11.1 Å². The first kappa shape index (κ1) is 15.7. The van der Waals surface area contributed by atoms with Crippen LogP contribution in [0.15, 0.2) is 0 Å². The van der Waals surface area contributed by atoms with Gasteiger partial charge in [-0.25, -0.2) is 9.97 Å². The van der Waals surface area contributed by atoms with Crippen LogP contribution in [0, 0.1) is 13.8 Å². The number of rotatable bonds is 6. The number of fused-ring (bicyclic) bond motifs is 1. The number of thiophene rings is 1. The number of anilines is 1. The summed E-state index contributed by atoms with van der Waals surface area (Å²) in [6.07, 6.45) is 0. The third-order valence-electron chi connectivity index (χ3n) is 3.50. The predicted molar refractivity (Wildman–Crippen MR) is 86.6 cm³/mol. The largest absolute Gasteiger partial charge is 0.372 e. The van der Waals surface area contributed by atoms with Crippen molar-refractivity contribution >= 4 is 33.3 Å². The summed E-state index contributed by atoms with van der Waals surface area (Å²) in [5.74, 6) is 1.21. The monoisotopic (exact) mass is 307 g/mol. The number of amides is 1. The Morgan fingerprint density at radius 1 is 1.38 bits per heavy atom. The minimum atomic E-state index is -0.338. The zero-order chi connectivity index (χ0) is 15.6. The third-order valence-corrected chi connectivity index (χ3v) is 4.60. The average molecular weight is 307 g/mol. The Morgan fingerprint density at radius 2 is 2.10 bits per heavy atom. The van der Waals surface area contributed by atoms with Crippen LogP contribution in [0.1, 0.15) is 23.2 Å². The molecule has 3 N–H and O–H groups in total. The average Bonchev–Trinajstić information content (AvgIpc) is 2.72. The van der Waals surface area contributed by atoms with Crippen LogP contribution in [0.25, 0.3) is 10.2 Å². The van der Waals surface area contributed by atoms with Gasteiger partial charge in [0.05, 0.1) is 18.5 Å². The number of carbonyl (C=O) groups excluding carboxylic acids is 1. The molecule has 0 unspecified atom stereocenters. The molecule has 0 aliphatic heterocycles. The van der Waals surface area contributed by atoms with Crippen molar-refractivity contribution in [2.75, 3.05) is 25.5 Å². The van der Waals surface area contributed by atoms with E-state index in [2.05, 4.69) is 29.1 Å². The Morgan fingerprint density at radius 3 is 2.67 bits per heavy atom. The van der Waals surface area contributed by atoms with Gasteiger partial charge in [0, 0.05) is 11.9 Å². The van der Waals surface area contributed by atoms with Crippen molar-refractivity contribution in [1.29, 1.82) is 0 Å². The van der Waals surface area contributed by atoms with Crippen molar-refractivity contribution < 1.29 is 4.79 Å². The highest BCUT2D eigenvalue weighted by Gasteiger charge is 2.15. The fourth-order valence-corrected chi connectivity index (χ4v) is 3.29.